The molecule has 1 atom stereocenters. The quantitative estimate of drug-likeness (QED) is 0.864. The van der Waals surface area contributed by atoms with Crippen LogP contribution in [0.3, 0.4) is 0 Å². The number of ether oxygens (including phenoxy) is 2. The summed E-state index contributed by atoms with van der Waals surface area (Å²) in [6, 6.07) is 5.45. The number of carbonyl (C=O) groups is 1. The SMILES string of the molecule is O=C(O)CC1OCc2ccc(Cl)cc2CO1. The zero-order valence-electron chi connectivity index (χ0n) is 8.48. The molecule has 1 unspecified atom stereocenters. The number of rotatable bonds is 2. The molecule has 1 N–H and O–H groups in total. The Labute approximate surface area is 97.7 Å². The van der Waals surface area contributed by atoms with Crippen molar-refractivity contribution < 1.29 is 19.4 Å². The van der Waals surface area contributed by atoms with Crippen LogP contribution >= 0.6 is 11.6 Å². The van der Waals surface area contributed by atoms with Gasteiger partial charge in [0.15, 0.2) is 6.29 Å². The second-order valence-electron chi connectivity index (χ2n) is 3.56. The van der Waals surface area contributed by atoms with Crippen LogP contribution in [0.4, 0.5) is 0 Å². The van der Waals surface area contributed by atoms with Gasteiger partial charge < -0.3 is 14.6 Å². The highest BCUT2D eigenvalue weighted by atomic mass is 35.5. The lowest BCUT2D eigenvalue weighted by Crippen LogP contribution is -2.18. The van der Waals surface area contributed by atoms with E-state index in [1.807, 2.05) is 12.1 Å². The Kier molecular flexibility index (Phi) is 3.43. The van der Waals surface area contributed by atoms with Crippen LogP contribution < -0.4 is 0 Å². The van der Waals surface area contributed by atoms with E-state index >= 15 is 0 Å². The molecule has 1 aliphatic heterocycles. The zero-order chi connectivity index (χ0) is 11.5. The molecule has 0 fully saturated rings. The van der Waals surface area contributed by atoms with E-state index in [1.165, 1.54) is 0 Å². The summed E-state index contributed by atoms with van der Waals surface area (Å²) in [7, 11) is 0. The van der Waals surface area contributed by atoms with Gasteiger partial charge in [0.25, 0.3) is 0 Å². The van der Waals surface area contributed by atoms with Crippen molar-refractivity contribution in [2.45, 2.75) is 25.9 Å². The van der Waals surface area contributed by atoms with Crippen molar-refractivity contribution in [1.29, 1.82) is 0 Å². The maximum atomic E-state index is 10.5. The summed E-state index contributed by atoms with van der Waals surface area (Å²) in [6.07, 6.45) is -0.842. The van der Waals surface area contributed by atoms with Crippen LogP contribution in [0.25, 0.3) is 0 Å². The Balaban J connectivity index is 2.09. The summed E-state index contributed by atoms with van der Waals surface area (Å²) in [5.41, 5.74) is 1.93. The van der Waals surface area contributed by atoms with E-state index in [4.69, 9.17) is 26.2 Å². The van der Waals surface area contributed by atoms with Crippen molar-refractivity contribution in [1.82, 2.24) is 0 Å². The van der Waals surface area contributed by atoms with Gasteiger partial charge in [0, 0.05) is 5.02 Å². The van der Waals surface area contributed by atoms with Gasteiger partial charge >= 0.3 is 5.97 Å². The Morgan fingerprint density at radius 2 is 2.06 bits per heavy atom. The predicted octanol–water partition coefficient (Wildman–Crippen LogP) is 2.19. The van der Waals surface area contributed by atoms with Crippen LogP contribution in [0.15, 0.2) is 18.2 Å². The number of aliphatic carboxylic acids is 1. The van der Waals surface area contributed by atoms with E-state index in [-0.39, 0.29) is 6.42 Å². The van der Waals surface area contributed by atoms with Crippen LogP contribution in [0, 0.1) is 0 Å². The average molecular weight is 243 g/mol. The largest absolute Gasteiger partial charge is 0.481 e. The van der Waals surface area contributed by atoms with Crippen molar-refractivity contribution in [3.63, 3.8) is 0 Å². The molecular weight excluding hydrogens is 232 g/mol. The molecule has 2 rings (SSSR count). The Morgan fingerprint density at radius 3 is 2.75 bits per heavy atom. The molecule has 1 aromatic carbocycles. The fraction of sp³-hybridized carbons (Fsp3) is 0.364. The first-order valence-electron chi connectivity index (χ1n) is 4.87. The van der Waals surface area contributed by atoms with Gasteiger partial charge in [-0.05, 0) is 23.3 Å². The molecule has 0 saturated heterocycles. The third-order valence-electron chi connectivity index (χ3n) is 2.36. The van der Waals surface area contributed by atoms with E-state index < -0.39 is 12.3 Å². The second-order valence-corrected chi connectivity index (χ2v) is 4.00. The first-order valence-corrected chi connectivity index (χ1v) is 5.25. The van der Waals surface area contributed by atoms with Gasteiger partial charge in [0.05, 0.1) is 19.6 Å². The molecule has 1 aromatic rings. The molecule has 0 spiro atoms. The molecule has 1 heterocycles. The fourth-order valence-corrected chi connectivity index (χ4v) is 1.74. The van der Waals surface area contributed by atoms with Gasteiger partial charge in [-0.25, -0.2) is 0 Å². The fourth-order valence-electron chi connectivity index (χ4n) is 1.54. The van der Waals surface area contributed by atoms with Gasteiger partial charge in [-0.2, -0.15) is 0 Å². The van der Waals surface area contributed by atoms with Gasteiger partial charge in [-0.3, -0.25) is 4.79 Å². The van der Waals surface area contributed by atoms with Crippen molar-refractivity contribution in [2.24, 2.45) is 0 Å². The highest BCUT2D eigenvalue weighted by molar-refractivity contribution is 6.30. The first-order chi connectivity index (χ1) is 7.65. The number of carboxylic acid groups (broad SMARTS) is 1. The van der Waals surface area contributed by atoms with E-state index in [0.717, 1.165) is 11.1 Å². The summed E-state index contributed by atoms with van der Waals surface area (Å²) < 4.78 is 10.7. The average Bonchev–Trinajstić information content (AvgIpc) is 2.40. The van der Waals surface area contributed by atoms with E-state index in [2.05, 4.69) is 0 Å². The molecule has 0 aromatic heterocycles. The number of hydrogen-bond acceptors (Lipinski definition) is 3. The standard InChI is InChI=1S/C11H11ClO4/c12-9-2-1-7-5-15-11(4-10(13)14)16-6-8(7)3-9/h1-3,11H,4-6H2,(H,13,14). The van der Waals surface area contributed by atoms with Crippen LogP contribution in [0.2, 0.25) is 5.02 Å². The lowest BCUT2D eigenvalue weighted by Gasteiger charge is -2.12. The van der Waals surface area contributed by atoms with Gasteiger partial charge in [0.2, 0.25) is 0 Å². The molecule has 0 aliphatic carbocycles. The number of hydrogen-bond donors (Lipinski definition) is 1. The molecule has 16 heavy (non-hydrogen) atoms. The van der Waals surface area contributed by atoms with E-state index in [9.17, 15) is 4.79 Å². The minimum atomic E-state index is -0.936. The normalized spacial score (nSPS) is 19.9. The third-order valence-corrected chi connectivity index (χ3v) is 2.59. The van der Waals surface area contributed by atoms with Crippen molar-refractivity contribution >= 4 is 17.6 Å². The summed E-state index contributed by atoms with van der Waals surface area (Å²) in [6.45, 7) is 0.679. The molecule has 5 heteroatoms. The highest BCUT2D eigenvalue weighted by Gasteiger charge is 2.19. The molecule has 0 amide bonds. The van der Waals surface area contributed by atoms with Crippen LogP contribution in [-0.2, 0) is 27.5 Å². The maximum Gasteiger partial charge on any atom is 0.308 e. The lowest BCUT2D eigenvalue weighted by atomic mass is 10.1. The predicted molar refractivity (Wildman–Crippen MR) is 57.1 cm³/mol. The molecule has 86 valence electrons. The van der Waals surface area contributed by atoms with Gasteiger partial charge in [0.1, 0.15) is 0 Å². The molecular formula is C11H11ClO4. The summed E-state index contributed by atoms with van der Waals surface area (Å²) in [5.74, 6) is -0.936. The highest BCUT2D eigenvalue weighted by Crippen LogP contribution is 2.22. The van der Waals surface area contributed by atoms with E-state index in [0.29, 0.717) is 18.2 Å². The van der Waals surface area contributed by atoms with Crippen molar-refractivity contribution in [3.05, 3.63) is 34.3 Å². The minimum absolute atomic E-state index is 0.151. The number of benzene rings is 1. The molecule has 0 bridgehead atoms. The maximum absolute atomic E-state index is 10.5. The Morgan fingerprint density at radius 1 is 1.38 bits per heavy atom. The topological polar surface area (TPSA) is 55.8 Å². The first kappa shape index (κ1) is 11.4. The zero-order valence-corrected chi connectivity index (χ0v) is 9.24. The molecule has 4 nitrogen and oxygen atoms in total. The van der Waals surface area contributed by atoms with Crippen LogP contribution in [0.5, 0.6) is 0 Å². The summed E-state index contributed by atoms with van der Waals surface area (Å²) in [4.78, 5) is 10.5. The third kappa shape index (κ3) is 2.72. The molecule has 0 saturated carbocycles. The number of halogens is 1. The summed E-state index contributed by atoms with van der Waals surface area (Å²) in [5, 5.41) is 9.28. The van der Waals surface area contributed by atoms with Crippen LogP contribution in [-0.4, -0.2) is 17.4 Å². The van der Waals surface area contributed by atoms with Gasteiger partial charge in [-0.15, -0.1) is 0 Å². The molecule has 1 aliphatic rings. The smallest absolute Gasteiger partial charge is 0.308 e. The van der Waals surface area contributed by atoms with Gasteiger partial charge in [-0.1, -0.05) is 17.7 Å². The summed E-state index contributed by atoms with van der Waals surface area (Å²) >= 11 is 5.86. The van der Waals surface area contributed by atoms with Crippen molar-refractivity contribution in [3.8, 4) is 0 Å². The second kappa shape index (κ2) is 4.82. The Bertz CT molecular complexity index is 405. The minimum Gasteiger partial charge on any atom is -0.481 e. The Hall–Kier alpha value is -1.10. The molecule has 0 radical (unpaired) electrons. The monoisotopic (exact) mass is 242 g/mol. The van der Waals surface area contributed by atoms with Crippen LogP contribution in [0.1, 0.15) is 17.5 Å². The lowest BCUT2D eigenvalue weighted by molar-refractivity contribution is -0.170. The number of carboxylic acids is 1. The number of fused-ring (bicyclic) bond motifs is 1. The van der Waals surface area contributed by atoms with Crippen molar-refractivity contribution in [2.75, 3.05) is 0 Å². The van der Waals surface area contributed by atoms with E-state index in [1.54, 1.807) is 6.07 Å².